The van der Waals surface area contributed by atoms with Gasteiger partial charge in [0.05, 0.1) is 17.7 Å². The molecule has 0 fully saturated rings. The third-order valence-corrected chi connectivity index (χ3v) is 2.00. The molecule has 2 rings (SSSR count). The van der Waals surface area contributed by atoms with Crippen molar-refractivity contribution in [3.63, 3.8) is 0 Å². The molecule has 2 heterocycles. The normalized spacial score (nSPS) is 11.8. The molecule has 0 aliphatic heterocycles. The van der Waals surface area contributed by atoms with E-state index in [1.54, 1.807) is 18.3 Å². The van der Waals surface area contributed by atoms with Gasteiger partial charge in [-0.2, -0.15) is 10.5 Å². The first-order valence-electron chi connectivity index (χ1n) is 4.65. The smallest absolute Gasteiger partial charge is 0.196 e. The van der Waals surface area contributed by atoms with Crippen molar-refractivity contribution in [1.82, 2.24) is 25.6 Å². The topological polar surface area (TPSA) is 103 Å². The molecule has 0 spiro atoms. The number of aromatic nitrogens is 5. The number of aromatic amines is 1. The van der Waals surface area contributed by atoms with Crippen LogP contribution in [0.2, 0.25) is 0 Å². The van der Waals surface area contributed by atoms with Crippen molar-refractivity contribution in [2.75, 3.05) is 5.32 Å². The number of pyridine rings is 1. The molecule has 1 unspecified atom stereocenters. The highest BCUT2D eigenvalue weighted by Crippen LogP contribution is 2.13. The molecule has 0 aliphatic carbocycles. The first kappa shape index (κ1) is 10.0. The molecule has 7 nitrogen and oxygen atoms in total. The van der Waals surface area contributed by atoms with Crippen LogP contribution < -0.4 is 5.32 Å². The summed E-state index contributed by atoms with van der Waals surface area (Å²) in [4.78, 5) is 4.09. The van der Waals surface area contributed by atoms with Gasteiger partial charge in [-0.3, -0.25) is 0 Å². The second-order valence-electron chi connectivity index (χ2n) is 3.18. The Morgan fingerprint density at radius 2 is 2.44 bits per heavy atom. The van der Waals surface area contributed by atoms with Crippen molar-refractivity contribution < 1.29 is 0 Å². The average Bonchev–Trinajstić information content (AvgIpc) is 2.83. The minimum Gasteiger partial charge on any atom is -0.360 e. The van der Waals surface area contributed by atoms with Gasteiger partial charge in [0, 0.05) is 6.20 Å². The largest absolute Gasteiger partial charge is 0.360 e. The zero-order chi connectivity index (χ0) is 11.4. The number of nitrogens with one attached hydrogen (secondary N) is 2. The highest BCUT2D eigenvalue weighted by atomic mass is 15.5. The van der Waals surface area contributed by atoms with Crippen molar-refractivity contribution in [3.05, 3.63) is 29.7 Å². The maximum absolute atomic E-state index is 8.73. The fraction of sp³-hybridized carbons (Fsp3) is 0.222. The molecule has 0 aromatic carbocycles. The Bertz CT molecular complexity index is 499. The molecule has 80 valence electrons. The van der Waals surface area contributed by atoms with Crippen LogP contribution in [0.1, 0.15) is 24.4 Å². The molecular weight excluding hydrogens is 206 g/mol. The third kappa shape index (κ3) is 2.12. The standard InChI is InChI=1S/C9H9N7/c1-6(9-13-15-16-14-9)12-8-4-7(5-10)2-3-11-8/h2-4,6H,1H3,(H,11,12)(H,13,14,15,16). The molecule has 7 heteroatoms. The van der Waals surface area contributed by atoms with Crippen molar-refractivity contribution in [2.24, 2.45) is 0 Å². The number of nitriles is 1. The summed E-state index contributed by atoms with van der Waals surface area (Å²) < 4.78 is 0. The quantitative estimate of drug-likeness (QED) is 0.778. The van der Waals surface area contributed by atoms with Gasteiger partial charge in [0.15, 0.2) is 5.82 Å². The summed E-state index contributed by atoms with van der Waals surface area (Å²) in [6.45, 7) is 1.88. The monoisotopic (exact) mass is 215 g/mol. The van der Waals surface area contributed by atoms with E-state index in [1.165, 1.54) is 0 Å². The van der Waals surface area contributed by atoms with E-state index in [2.05, 4.69) is 30.9 Å². The van der Waals surface area contributed by atoms with Gasteiger partial charge in [0.1, 0.15) is 5.82 Å². The fourth-order valence-electron chi connectivity index (χ4n) is 1.22. The zero-order valence-corrected chi connectivity index (χ0v) is 8.55. The van der Waals surface area contributed by atoms with E-state index in [4.69, 9.17) is 5.26 Å². The maximum Gasteiger partial charge on any atom is 0.196 e. The predicted octanol–water partition coefficient (Wildman–Crippen LogP) is 0.639. The van der Waals surface area contributed by atoms with Crippen LogP contribution in [0.25, 0.3) is 0 Å². The van der Waals surface area contributed by atoms with Gasteiger partial charge in [-0.25, -0.2) is 4.98 Å². The van der Waals surface area contributed by atoms with E-state index >= 15 is 0 Å². The summed E-state index contributed by atoms with van der Waals surface area (Å²) in [7, 11) is 0. The van der Waals surface area contributed by atoms with Crippen molar-refractivity contribution in [3.8, 4) is 6.07 Å². The maximum atomic E-state index is 8.73. The zero-order valence-electron chi connectivity index (χ0n) is 8.55. The molecule has 0 radical (unpaired) electrons. The van der Waals surface area contributed by atoms with Crippen LogP contribution in [-0.4, -0.2) is 25.6 Å². The number of rotatable bonds is 3. The van der Waals surface area contributed by atoms with Gasteiger partial charge in [0.2, 0.25) is 0 Å². The molecule has 2 aromatic rings. The number of H-pyrrole nitrogens is 1. The summed E-state index contributed by atoms with van der Waals surface area (Å²) in [5.74, 6) is 1.15. The van der Waals surface area contributed by atoms with Crippen molar-refractivity contribution in [2.45, 2.75) is 13.0 Å². The van der Waals surface area contributed by atoms with Crippen molar-refractivity contribution in [1.29, 1.82) is 5.26 Å². The second-order valence-corrected chi connectivity index (χ2v) is 3.18. The molecule has 0 saturated heterocycles. The van der Waals surface area contributed by atoms with E-state index in [-0.39, 0.29) is 6.04 Å². The Kier molecular flexibility index (Phi) is 2.73. The lowest BCUT2D eigenvalue weighted by molar-refractivity contribution is 0.788. The van der Waals surface area contributed by atoms with Crippen LogP contribution in [0.3, 0.4) is 0 Å². The van der Waals surface area contributed by atoms with Crippen LogP contribution in [0.4, 0.5) is 5.82 Å². The third-order valence-electron chi connectivity index (χ3n) is 2.00. The lowest BCUT2D eigenvalue weighted by Gasteiger charge is -2.09. The summed E-state index contributed by atoms with van der Waals surface area (Å²) in [6, 6.07) is 5.23. The van der Waals surface area contributed by atoms with Crippen molar-refractivity contribution >= 4 is 5.82 Å². The first-order chi connectivity index (χ1) is 7.79. The Hall–Kier alpha value is -2.49. The number of anilines is 1. The van der Waals surface area contributed by atoms with Crippen LogP contribution >= 0.6 is 0 Å². The van der Waals surface area contributed by atoms with E-state index in [1.807, 2.05) is 13.0 Å². The lowest BCUT2D eigenvalue weighted by Crippen LogP contribution is -2.09. The summed E-state index contributed by atoms with van der Waals surface area (Å²) in [6.07, 6.45) is 1.57. The Morgan fingerprint density at radius 3 is 3.12 bits per heavy atom. The molecular formula is C9H9N7. The average molecular weight is 215 g/mol. The highest BCUT2D eigenvalue weighted by molar-refractivity contribution is 5.43. The molecule has 2 N–H and O–H groups in total. The van der Waals surface area contributed by atoms with Crippen LogP contribution in [0.5, 0.6) is 0 Å². The van der Waals surface area contributed by atoms with E-state index in [0.717, 1.165) is 0 Å². The molecule has 0 amide bonds. The molecule has 16 heavy (non-hydrogen) atoms. The SMILES string of the molecule is CC(Nc1cc(C#N)ccn1)c1nn[nH]n1. The Morgan fingerprint density at radius 1 is 1.56 bits per heavy atom. The van der Waals surface area contributed by atoms with E-state index < -0.39 is 0 Å². The highest BCUT2D eigenvalue weighted by Gasteiger charge is 2.10. The van der Waals surface area contributed by atoms with Crippen LogP contribution in [0.15, 0.2) is 18.3 Å². The van der Waals surface area contributed by atoms with Gasteiger partial charge in [0.25, 0.3) is 0 Å². The van der Waals surface area contributed by atoms with Gasteiger partial charge in [-0.15, -0.1) is 10.2 Å². The van der Waals surface area contributed by atoms with Crippen LogP contribution in [-0.2, 0) is 0 Å². The van der Waals surface area contributed by atoms with Gasteiger partial charge >= 0.3 is 0 Å². The minimum atomic E-state index is -0.125. The Balaban J connectivity index is 2.12. The number of nitrogens with zero attached hydrogens (tertiary/aromatic N) is 5. The molecule has 0 aliphatic rings. The lowest BCUT2D eigenvalue weighted by atomic mass is 10.2. The van der Waals surface area contributed by atoms with Gasteiger partial charge in [-0.05, 0) is 19.1 Å². The van der Waals surface area contributed by atoms with Gasteiger partial charge < -0.3 is 5.32 Å². The summed E-state index contributed by atoms with van der Waals surface area (Å²) in [5, 5.41) is 25.4. The number of hydrogen-bond acceptors (Lipinski definition) is 6. The molecule has 2 aromatic heterocycles. The second kappa shape index (κ2) is 4.35. The fourth-order valence-corrected chi connectivity index (χ4v) is 1.22. The van der Waals surface area contributed by atoms with E-state index in [0.29, 0.717) is 17.2 Å². The minimum absolute atomic E-state index is 0.125. The number of hydrogen-bond donors (Lipinski definition) is 2. The Labute approximate surface area is 91.5 Å². The first-order valence-corrected chi connectivity index (χ1v) is 4.65. The summed E-state index contributed by atoms with van der Waals surface area (Å²) >= 11 is 0. The predicted molar refractivity (Wildman–Crippen MR) is 55.2 cm³/mol. The molecule has 1 atom stereocenters. The van der Waals surface area contributed by atoms with Gasteiger partial charge in [-0.1, -0.05) is 5.21 Å². The molecule has 0 bridgehead atoms. The number of tetrazole rings is 1. The van der Waals surface area contributed by atoms with Crippen LogP contribution in [0, 0.1) is 11.3 Å². The molecule has 0 saturated carbocycles. The van der Waals surface area contributed by atoms with E-state index in [9.17, 15) is 0 Å². The summed E-state index contributed by atoms with van der Waals surface area (Å²) in [5.41, 5.74) is 0.554.